The molecule has 0 heterocycles. The van der Waals surface area contributed by atoms with Gasteiger partial charge in [-0.15, -0.1) is 6.58 Å². The van der Waals surface area contributed by atoms with E-state index in [0.29, 0.717) is 0 Å². The number of nitro benzene ring substituents is 1. The average Bonchev–Trinajstić information content (AvgIpc) is 2.54. The Kier molecular flexibility index (Phi) is 5.49. The number of non-ortho nitro benzene ring substituents is 1. The highest BCUT2D eigenvalue weighted by molar-refractivity contribution is 5.53. The molecule has 0 radical (unpaired) electrons. The third-order valence-corrected chi connectivity index (χ3v) is 3.17. The van der Waals surface area contributed by atoms with Crippen molar-refractivity contribution in [3.63, 3.8) is 0 Å². The van der Waals surface area contributed by atoms with Crippen LogP contribution in [-0.4, -0.2) is 11.0 Å². The number of benzene rings is 2. The Morgan fingerprint density at radius 2 is 1.82 bits per heavy atom. The molecule has 0 aromatic heterocycles. The van der Waals surface area contributed by atoms with Crippen LogP contribution in [0.4, 0.5) is 11.4 Å². The summed E-state index contributed by atoms with van der Waals surface area (Å²) in [7, 11) is 0. The second-order valence-corrected chi connectivity index (χ2v) is 4.85. The van der Waals surface area contributed by atoms with Crippen LogP contribution in [0.15, 0.2) is 73.3 Å². The standard InChI is InChI=1S/C18H18N2O2/c1-2-6-16(10-9-15-7-4-3-5-8-15)19-17-11-13-18(14-12-17)20(21)22/h2-5,7-14,16,19H,1,6H2/b10-9+. The SMILES string of the molecule is C=CCC(/C=C/c1ccccc1)Nc1ccc([N+](=O)[O-])cc1. The Balaban J connectivity index is 2.06. The largest absolute Gasteiger partial charge is 0.379 e. The van der Waals surface area contributed by atoms with E-state index in [2.05, 4.69) is 18.0 Å². The van der Waals surface area contributed by atoms with Crippen molar-refractivity contribution in [2.24, 2.45) is 0 Å². The van der Waals surface area contributed by atoms with Gasteiger partial charge in [0.1, 0.15) is 0 Å². The zero-order valence-corrected chi connectivity index (χ0v) is 12.2. The molecule has 0 spiro atoms. The quantitative estimate of drug-likeness (QED) is 0.459. The van der Waals surface area contributed by atoms with Crippen LogP contribution in [0.1, 0.15) is 12.0 Å². The van der Waals surface area contributed by atoms with Gasteiger partial charge in [-0.25, -0.2) is 0 Å². The summed E-state index contributed by atoms with van der Waals surface area (Å²) in [6, 6.07) is 16.5. The van der Waals surface area contributed by atoms with Crippen LogP contribution < -0.4 is 5.32 Å². The highest BCUT2D eigenvalue weighted by Gasteiger charge is 2.06. The Labute approximate surface area is 130 Å². The molecule has 0 amide bonds. The van der Waals surface area contributed by atoms with E-state index in [1.807, 2.05) is 42.5 Å². The maximum absolute atomic E-state index is 10.7. The molecule has 0 fully saturated rings. The Bertz CT molecular complexity index is 649. The predicted octanol–water partition coefficient (Wildman–Crippen LogP) is 4.66. The van der Waals surface area contributed by atoms with Crippen molar-refractivity contribution in [3.05, 3.63) is 89.0 Å². The first-order valence-electron chi connectivity index (χ1n) is 7.04. The summed E-state index contributed by atoms with van der Waals surface area (Å²) < 4.78 is 0. The van der Waals surface area contributed by atoms with Crippen LogP contribution >= 0.6 is 0 Å². The summed E-state index contributed by atoms with van der Waals surface area (Å²) in [5.41, 5.74) is 2.06. The first kappa shape index (κ1) is 15.5. The molecule has 0 saturated heterocycles. The van der Waals surface area contributed by atoms with Crippen LogP contribution in [0.2, 0.25) is 0 Å². The number of anilines is 1. The molecule has 22 heavy (non-hydrogen) atoms. The fourth-order valence-corrected chi connectivity index (χ4v) is 2.05. The second-order valence-electron chi connectivity index (χ2n) is 4.85. The van der Waals surface area contributed by atoms with E-state index in [4.69, 9.17) is 0 Å². The van der Waals surface area contributed by atoms with E-state index in [1.165, 1.54) is 12.1 Å². The molecule has 0 bridgehead atoms. The second kappa shape index (κ2) is 7.78. The summed E-state index contributed by atoms with van der Waals surface area (Å²) in [5.74, 6) is 0. The van der Waals surface area contributed by atoms with Gasteiger partial charge in [-0.05, 0) is 24.1 Å². The molecule has 2 aromatic carbocycles. The van der Waals surface area contributed by atoms with Gasteiger partial charge >= 0.3 is 0 Å². The fraction of sp³-hybridized carbons (Fsp3) is 0.111. The minimum absolute atomic E-state index is 0.0826. The molecule has 0 aliphatic heterocycles. The fourth-order valence-electron chi connectivity index (χ4n) is 2.05. The maximum Gasteiger partial charge on any atom is 0.269 e. The van der Waals surface area contributed by atoms with E-state index in [1.54, 1.807) is 12.1 Å². The van der Waals surface area contributed by atoms with Crippen LogP contribution in [0.5, 0.6) is 0 Å². The van der Waals surface area contributed by atoms with Gasteiger partial charge in [0.15, 0.2) is 0 Å². The van der Waals surface area contributed by atoms with Gasteiger partial charge in [0, 0.05) is 23.9 Å². The number of nitro groups is 1. The minimum atomic E-state index is -0.402. The lowest BCUT2D eigenvalue weighted by atomic mass is 10.1. The van der Waals surface area contributed by atoms with Crippen molar-refractivity contribution in [2.75, 3.05) is 5.32 Å². The third-order valence-electron chi connectivity index (χ3n) is 3.17. The lowest BCUT2D eigenvalue weighted by molar-refractivity contribution is -0.384. The van der Waals surface area contributed by atoms with Crippen molar-refractivity contribution in [2.45, 2.75) is 12.5 Å². The molecule has 4 heteroatoms. The number of hydrogen-bond acceptors (Lipinski definition) is 3. The molecular formula is C18H18N2O2. The zero-order valence-electron chi connectivity index (χ0n) is 12.2. The summed E-state index contributed by atoms with van der Waals surface area (Å²) in [5, 5.41) is 14.0. The summed E-state index contributed by atoms with van der Waals surface area (Å²) in [4.78, 5) is 10.3. The highest BCUT2D eigenvalue weighted by Crippen LogP contribution is 2.17. The van der Waals surface area contributed by atoms with Crippen molar-refractivity contribution < 1.29 is 4.92 Å². The molecule has 112 valence electrons. The third kappa shape index (κ3) is 4.59. The van der Waals surface area contributed by atoms with E-state index in [9.17, 15) is 10.1 Å². The molecule has 4 nitrogen and oxygen atoms in total. The summed E-state index contributed by atoms with van der Waals surface area (Å²) >= 11 is 0. The molecule has 2 aromatic rings. The van der Waals surface area contributed by atoms with Crippen molar-refractivity contribution in [1.82, 2.24) is 0 Å². The number of rotatable bonds is 7. The van der Waals surface area contributed by atoms with E-state index in [0.717, 1.165) is 17.7 Å². The van der Waals surface area contributed by atoms with Gasteiger partial charge in [0.25, 0.3) is 5.69 Å². The topological polar surface area (TPSA) is 55.2 Å². The molecule has 0 aliphatic carbocycles. The number of nitrogens with one attached hydrogen (secondary N) is 1. The van der Waals surface area contributed by atoms with Crippen molar-refractivity contribution >= 4 is 17.5 Å². The monoisotopic (exact) mass is 294 g/mol. The molecule has 1 unspecified atom stereocenters. The van der Waals surface area contributed by atoms with Gasteiger partial charge in [0.05, 0.1) is 4.92 Å². The number of hydrogen-bond donors (Lipinski definition) is 1. The Morgan fingerprint density at radius 3 is 2.41 bits per heavy atom. The van der Waals surface area contributed by atoms with Gasteiger partial charge in [-0.3, -0.25) is 10.1 Å². The Hall–Kier alpha value is -2.88. The minimum Gasteiger partial charge on any atom is -0.379 e. The van der Waals surface area contributed by atoms with E-state index >= 15 is 0 Å². The summed E-state index contributed by atoms with van der Waals surface area (Å²) in [6.07, 6.45) is 6.73. The predicted molar refractivity (Wildman–Crippen MR) is 90.8 cm³/mol. The molecular weight excluding hydrogens is 276 g/mol. The van der Waals surface area contributed by atoms with E-state index < -0.39 is 4.92 Å². The van der Waals surface area contributed by atoms with Gasteiger partial charge in [-0.2, -0.15) is 0 Å². The molecule has 1 N–H and O–H groups in total. The lowest BCUT2D eigenvalue weighted by Crippen LogP contribution is -2.15. The van der Waals surface area contributed by atoms with Crippen molar-refractivity contribution in [1.29, 1.82) is 0 Å². The van der Waals surface area contributed by atoms with E-state index in [-0.39, 0.29) is 11.7 Å². The molecule has 0 saturated carbocycles. The number of nitrogens with zero attached hydrogens (tertiary/aromatic N) is 1. The van der Waals surface area contributed by atoms with Crippen LogP contribution in [0, 0.1) is 10.1 Å². The highest BCUT2D eigenvalue weighted by atomic mass is 16.6. The molecule has 0 aliphatic rings. The van der Waals surface area contributed by atoms with Crippen molar-refractivity contribution in [3.8, 4) is 0 Å². The van der Waals surface area contributed by atoms with Gasteiger partial charge in [-0.1, -0.05) is 48.6 Å². The van der Waals surface area contributed by atoms with Crippen LogP contribution in [0.3, 0.4) is 0 Å². The van der Waals surface area contributed by atoms with Gasteiger partial charge in [0.2, 0.25) is 0 Å². The molecule has 1 atom stereocenters. The van der Waals surface area contributed by atoms with Crippen LogP contribution in [-0.2, 0) is 0 Å². The molecule has 2 rings (SSSR count). The van der Waals surface area contributed by atoms with Crippen LogP contribution in [0.25, 0.3) is 6.08 Å². The van der Waals surface area contributed by atoms with Gasteiger partial charge < -0.3 is 5.32 Å². The zero-order chi connectivity index (χ0) is 15.8. The first-order valence-corrected chi connectivity index (χ1v) is 7.04. The normalized spacial score (nSPS) is 12.0. The Morgan fingerprint density at radius 1 is 1.14 bits per heavy atom. The maximum atomic E-state index is 10.7. The lowest BCUT2D eigenvalue weighted by Gasteiger charge is -2.14. The smallest absolute Gasteiger partial charge is 0.269 e. The first-order chi connectivity index (χ1) is 10.7. The average molecular weight is 294 g/mol. The summed E-state index contributed by atoms with van der Waals surface area (Å²) in [6.45, 7) is 3.77.